The van der Waals surface area contributed by atoms with Crippen LogP contribution in [-0.2, 0) is 4.79 Å². The van der Waals surface area contributed by atoms with Gasteiger partial charge in [-0.25, -0.2) is 0 Å². The Kier molecular flexibility index (Phi) is 3.62. The number of carboxylic acid groups (broad SMARTS) is 1. The first-order valence-electron chi connectivity index (χ1n) is 8.53. The van der Waals surface area contributed by atoms with Gasteiger partial charge in [0.2, 0.25) is 0 Å². The quantitative estimate of drug-likeness (QED) is 0.899. The van der Waals surface area contributed by atoms with Crippen LogP contribution < -0.4 is 9.47 Å². The third-order valence-corrected chi connectivity index (χ3v) is 5.63. The summed E-state index contributed by atoms with van der Waals surface area (Å²) >= 11 is 0. The van der Waals surface area contributed by atoms with Crippen LogP contribution in [0.5, 0.6) is 11.5 Å². The third kappa shape index (κ3) is 2.24. The third-order valence-electron chi connectivity index (χ3n) is 5.63. The first kappa shape index (κ1) is 15.3. The van der Waals surface area contributed by atoms with E-state index in [1.165, 1.54) is 0 Å². The molecular weight excluding hydrogens is 310 g/mol. The SMILES string of the molecule is O=C(c1cccc2c1OCCO2)N1C[C@H]2CCCC[C@@]2(C(=O)O)C1. The summed E-state index contributed by atoms with van der Waals surface area (Å²) in [5.74, 6) is 0.179. The zero-order valence-electron chi connectivity index (χ0n) is 13.5. The molecule has 2 atom stereocenters. The first-order valence-corrected chi connectivity index (χ1v) is 8.53. The lowest BCUT2D eigenvalue weighted by Crippen LogP contribution is -2.41. The van der Waals surface area contributed by atoms with E-state index in [2.05, 4.69) is 0 Å². The van der Waals surface area contributed by atoms with Crippen LogP contribution in [0.2, 0.25) is 0 Å². The molecule has 1 N–H and O–H groups in total. The van der Waals surface area contributed by atoms with E-state index >= 15 is 0 Å². The summed E-state index contributed by atoms with van der Waals surface area (Å²) in [6.45, 7) is 1.68. The standard InChI is InChI=1S/C18H21NO5/c20-16(13-5-3-6-14-15(13)24-9-8-23-14)19-10-12-4-1-2-7-18(12,11-19)17(21)22/h3,5-6,12H,1-2,4,7-11H2,(H,21,22)/t12-,18-/m1/s1. The van der Waals surface area contributed by atoms with E-state index in [0.29, 0.717) is 43.2 Å². The highest BCUT2D eigenvalue weighted by molar-refractivity contribution is 5.98. The van der Waals surface area contributed by atoms with Gasteiger partial charge in [0.25, 0.3) is 5.91 Å². The fourth-order valence-corrected chi connectivity index (χ4v) is 4.37. The van der Waals surface area contributed by atoms with E-state index in [9.17, 15) is 14.7 Å². The number of hydrogen-bond donors (Lipinski definition) is 1. The molecule has 0 bridgehead atoms. The number of carbonyl (C=O) groups is 2. The molecule has 1 amide bonds. The molecule has 6 heteroatoms. The van der Waals surface area contributed by atoms with Gasteiger partial charge in [-0.3, -0.25) is 9.59 Å². The molecule has 1 aromatic carbocycles. The van der Waals surface area contributed by atoms with Crippen LogP contribution in [-0.4, -0.2) is 48.2 Å². The average Bonchev–Trinajstić information content (AvgIpc) is 3.02. The van der Waals surface area contributed by atoms with Gasteiger partial charge in [-0.1, -0.05) is 18.9 Å². The number of likely N-dealkylation sites (tertiary alicyclic amines) is 1. The Labute approximate surface area is 140 Å². The number of carbonyl (C=O) groups excluding carboxylic acids is 1. The van der Waals surface area contributed by atoms with E-state index in [-0.39, 0.29) is 18.4 Å². The van der Waals surface area contributed by atoms with Crippen LogP contribution in [0.1, 0.15) is 36.0 Å². The van der Waals surface area contributed by atoms with Crippen molar-refractivity contribution in [3.8, 4) is 11.5 Å². The molecule has 2 fully saturated rings. The molecule has 6 nitrogen and oxygen atoms in total. The van der Waals surface area contributed by atoms with Crippen molar-refractivity contribution in [2.75, 3.05) is 26.3 Å². The van der Waals surface area contributed by atoms with E-state index < -0.39 is 11.4 Å². The van der Waals surface area contributed by atoms with Gasteiger partial charge in [0.1, 0.15) is 13.2 Å². The summed E-state index contributed by atoms with van der Waals surface area (Å²) in [4.78, 5) is 26.6. The highest BCUT2D eigenvalue weighted by Gasteiger charge is 2.54. The maximum Gasteiger partial charge on any atom is 0.311 e. The second-order valence-electron chi connectivity index (χ2n) is 6.92. The van der Waals surface area contributed by atoms with Crippen molar-refractivity contribution >= 4 is 11.9 Å². The zero-order valence-corrected chi connectivity index (χ0v) is 13.5. The minimum atomic E-state index is -0.778. The van der Waals surface area contributed by atoms with E-state index in [1.54, 1.807) is 23.1 Å². The Bertz CT molecular complexity index is 688. The molecule has 1 saturated carbocycles. The Morgan fingerprint density at radius 2 is 2.04 bits per heavy atom. The molecule has 2 heterocycles. The lowest BCUT2D eigenvalue weighted by molar-refractivity contribution is -0.152. The van der Waals surface area contributed by atoms with Crippen LogP contribution in [0.15, 0.2) is 18.2 Å². The second-order valence-corrected chi connectivity index (χ2v) is 6.92. The van der Waals surface area contributed by atoms with Crippen LogP contribution in [0.25, 0.3) is 0 Å². The molecular formula is C18H21NO5. The van der Waals surface area contributed by atoms with Crippen molar-refractivity contribution < 1.29 is 24.2 Å². The molecule has 1 aliphatic carbocycles. The average molecular weight is 331 g/mol. The summed E-state index contributed by atoms with van der Waals surface area (Å²) in [5.41, 5.74) is -0.313. The van der Waals surface area contributed by atoms with Crippen molar-refractivity contribution in [3.05, 3.63) is 23.8 Å². The fourth-order valence-electron chi connectivity index (χ4n) is 4.37. The lowest BCUT2D eigenvalue weighted by Gasteiger charge is -2.34. The van der Waals surface area contributed by atoms with Crippen molar-refractivity contribution in [3.63, 3.8) is 0 Å². The van der Waals surface area contributed by atoms with Gasteiger partial charge in [0.05, 0.1) is 11.0 Å². The van der Waals surface area contributed by atoms with Crippen LogP contribution in [0.3, 0.4) is 0 Å². The van der Waals surface area contributed by atoms with Gasteiger partial charge >= 0.3 is 5.97 Å². The van der Waals surface area contributed by atoms with Gasteiger partial charge in [-0.15, -0.1) is 0 Å². The number of aliphatic carboxylic acids is 1. The molecule has 24 heavy (non-hydrogen) atoms. The topological polar surface area (TPSA) is 76.1 Å². The largest absolute Gasteiger partial charge is 0.486 e. The number of hydrogen-bond acceptors (Lipinski definition) is 4. The Balaban J connectivity index is 1.63. The fraction of sp³-hybridized carbons (Fsp3) is 0.556. The number of carboxylic acids is 1. The number of nitrogens with zero attached hydrogens (tertiary/aromatic N) is 1. The Morgan fingerprint density at radius 1 is 1.21 bits per heavy atom. The molecule has 0 unspecified atom stereocenters. The Morgan fingerprint density at radius 3 is 2.83 bits per heavy atom. The number of para-hydroxylation sites is 1. The van der Waals surface area contributed by atoms with Gasteiger partial charge in [0.15, 0.2) is 11.5 Å². The molecule has 4 rings (SSSR count). The number of benzene rings is 1. The zero-order chi connectivity index (χ0) is 16.7. The smallest absolute Gasteiger partial charge is 0.311 e. The minimum Gasteiger partial charge on any atom is -0.486 e. The van der Waals surface area contributed by atoms with Crippen molar-refractivity contribution in [2.24, 2.45) is 11.3 Å². The molecule has 0 spiro atoms. The van der Waals surface area contributed by atoms with Gasteiger partial charge in [-0.05, 0) is 30.9 Å². The summed E-state index contributed by atoms with van der Waals surface area (Å²) < 4.78 is 11.2. The molecule has 0 aromatic heterocycles. The van der Waals surface area contributed by atoms with E-state index in [0.717, 1.165) is 19.3 Å². The van der Waals surface area contributed by atoms with Crippen LogP contribution in [0.4, 0.5) is 0 Å². The summed E-state index contributed by atoms with van der Waals surface area (Å²) in [6.07, 6.45) is 3.49. The Hall–Kier alpha value is -2.24. The number of fused-ring (bicyclic) bond motifs is 2. The second kappa shape index (κ2) is 5.69. The first-order chi connectivity index (χ1) is 11.6. The van der Waals surface area contributed by atoms with Gasteiger partial charge < -0.3 is 19.5 Å². The van der Waals surface area contributed by atoms with Gasteiger partial charge in [-0.2, -0.15) is 0 Å². The molecule has 3 aliphatic rings. The van der Waals surface area contributed by atoms with E-state index in [1.807, 2.05) is 0 Å². The highest BCUT2D eigenvalue weighted by Crippen LogP contribution is 2.47. The van der Waals surface area contributed by atoms with Crippen molar-refractivity contribution in [2.45, 2.75) is 25.7 Å². The van der Waals surface area contributed by atoms with Gasteiger partial charge in [0, 0.05) is 13.1 Å². The van der Waals surface area contributed by atoms with Crippen LogP contribution >= 0.6 is 0 Å². The monoisotopic (exact) mass is 331 g/mol. The maximum absolute atomic E-state index is 13.0. The predicted molar refractivity (Wildman–Crippen MR) is 85.4 cm³/mol. The predicted octanol–water partition coefficient (Wildman–Crippen LogP) is 2.17. The highest BCUT2D eigenvalue weighted by atomic mass is 16.6. The number of rotatable bonds is 2. The van der Waals surface area contributed by atoms with Crippen molar-refractivity contribution in [1.29, 1.82) is 0 Å². The normalized spacial score (nSPS) is 28.3. The molecule has 1 aromatic rings. The molecule has 128 valence electrons. The molecule has 1 saturated heterocycles. The van der Waals surface area contributed by atoms with Crippen molar-refractivity contribution in [1.82, 2.24) is 4.90 Å². The molecule has 2 aliphatic heterocycles. The maximum atomic E-state index is 13.0. The summed E-state index contributed by atoms with van der Waals surface area (Å²) in [7, 11) is 0. The number of ether oxygens (including phenoxy) is 2. The number of amides is 1. The van der Waals surface area contributed by atoms with Crippen LogP contribution in [0, 0.1) is 11.3 Å². The van der Waals surface area contributed by atoms with E-state index in [4.69, 9.17) is 9.47 Å². The lowest BCUT2D eigenvalue weighted by atomic mass is 9.68. The molecule has 0 radical (unpaired) electrons. The summed E-state index contributed by atoms with van der Waals surface area (Å²) in [6, 6.07) is 5.29. The summed E-state index contributed by atoms with van der Waals surface area (Å²) in [5, 5.41) is 9.78. The minimum absolute atomic E-state index is 0.0457.